The summed E-state index contributed by atoms with van der Waals surface area (Å²) in [4.78, 5) is 36.0. The summed E-state index contributed by atoms with van der Waals surface area (Å²) in [7, 11) is 0. The van der Waals surface area contributed by atoms with Gasteiger partial charge in [0.05, 0.1) is 11.8 Å². The summed E-state index contributed by atoms with van der Waals surface area (Å²) in [5.41, 5.74) is 2.03. The molecule has 2 fully saturated rings. The fourth-order valence-electron chi connectivity index (χ4n) is 2.93. The number of aliphatic carboxylic acids is 1. The Morgan fingerprint density at radius 2 is 1.87 bits per heavy atom. The van der Waals surface area contributed by atoms with Crippen LogP contribution < -0.4 is 5.32 Å². The average molecular weight is 316 g/mol. The van der Waals surface area contributed by atoms with Crippen LogP contribution in [0.2, 0.25) is 0 Å². The van der Waals surface area contributed by atoms with Crippen molar-refractivity contribution in [1.29, 1.82) is 0 Å². The Kier molecular flexibility index (Phi) is 4.32. The van der Waals surface area contributed by atoms with Gasteiger partial charge in [-0.05, 0) is 24.0 Å². The van der Waals surface area contributed by atoms with Crippen molar-refractivity contribution in [3.8, 4) is 0 Å². The van der Waals surface area contributed by atoms with Crippen molar-refractivity contribution in [2.45, 2.75) is 32.4 Å². The number of nitrogens with zero attached hydrogens (tertiary/aromatic N) is 1. The number of carbonyl (C=O) groups excluding carboxylic acids is 2. The van der Waals surface area contributed by atoms with Gasteiger partial charge < -0.3 is 15.3 Å². The molecule has 1 aromatic rings. The zero-order valence-electron chi connectivity index (χ0n) is 12.8. The zero-order chi connectivity index (χ0) is 16.4. The lowest BCUT2D eigenvalue weighted by atomic mass is 10.1. The largest absolute Gasteiger partial charge is 0.481 e. The summed E-state index contributed by atoms with van der Waals surface area (Å²) < 4.78 is 0. The van der Waals surface area contributed by atoms with Crippen molar-refractivity contribution in [2.24, 2.45) is 11.8 Å². The molecule has 1 saturated carbocycles. The molecule has 1 saturated heterocycles. The van der Waals surface area contributed by atoms with Gasteiger partial charge in [-0.15, -0.1) is 0 Å². The van der Waals surface area contributed by atoms with Crippen LogP contribution in [0.3, 0.4) is 0 Å². The van der Waals surface area contributed by atoms with Gasteiger partial charge in [0.2, 0.25) is 11.8 Å². The van der Waals surface area contributed by atoms with Crippen LogP contribution in [0.5, 0.6) is 0 Å². The summed E-state index contributed by atoms with van der Waals surface area (Å²) in [5.74, 6) is -1.78. The van der Waals surface area contributed by atoms with Crippen LogP contribution in [0.15, 0.2) is 24.3 Å². The number of likely N-dealkylation sites (tertiary alicyclic amines) is 1. The van der Waals surface area contributed by atoms with Crippen molar-refractivity contribution >= 4 is 17.8 Å². The average Bonchev–Trinajstić information content (AvgIpc) is 3.25. The standard InChI is InChI=1S/C17H20N2O4/c20-15-2-1-7-19(15)10-12-5-3-11(4-6-12)9-18-16(21)13-8-14(13)17(22)23/h3-6,13-14H,1-2,7-10H2,(H,18,21)(H,22,23)/t13-,14-/m1/s1. The van der Waals surface area contributed by atoms with Crippen LogP contribution in [-0.4, -0.2) is 34.3 Å². The number of carboxylic acid groups (broad SMARTS) is 1. The highest BCUT2D eigenvalue weighted by Gasteiger charge is 2.48. The number of hydrogen-bond donors (Lipinski definition) is 2. The van der Waals surface area contributed by atoms with Gasteiger partial charge >= 0.3 is 5.97 Å². The Morgan fingerprint density at radius 3 is 2.43 bits per heavy atom. The second kappa shape index (κ2) is 6.40. The first-order valence-corrected chi connectivity index (χ1v) is 7.90. The summed E-state index contributed by atoms with van der Waals surface area (Å²) in [6.07, 6.45) is 2.01. The van der Waals surface area contributed by atoms with Crippen molar-refractivity contribution in [3.05, 3.63) is 35.4 Å². The molecule has 1 aliphatic heterocycles. The van der Waals surface area contributed by atoms with E-state index in [1.54, 1.807) is 0 Å². The molecule has 0 radical (unpaired) electrons. The molecule has 1 heterocycles. The maximum absolute atomic E-state index is 11.8. The second-order valence-corrected chi connectivity index (χ2v) is 6.24. The number of carbonyl (C=O) groups is 3. The van der Waals surface area contributed by atoms with E-state index in [1.165, 1.54) is 0 Å². The van der Waals surface area contributed by atoms with E-state index in [-0.39, 0.29) is 17.7 Å². The number of rotatable bonds is 6. The maximum atomic E-state index is 11.8. The van der Waals surface area contributed by atoms with Crippen LogP contribution in [0.4, 0.5) is 0 Å². The summed E-state index contributed by atoms with van der Waals surface area (Å²) in [6.45, 7) is 1.85. The summed E-state index contributed by atoms with van der Waals surface area (Å²) in [5, 5.41) is 11.6. The minimum Gasteiger partial charge on any atom is -0.481 e. The van der Waals surface area contributed by atoms with Crippen LogP contribution in [0, 0.1) is 11.8 Å². The Morgan fingerprint density at radius 1 is 1.17 bits per heavy atom. The molecule has 2 aliphatic rings. The molecule has 1 aliphatic carbocycles. The molecule has 1 aromatic carbocycles. The lowest BCUT2D eigenvalue weighted by Crippen LogP contribution is -2.26. The van der Waals surface area contributed by atoms with Crippen molar-refractivity contribution in [2.75, 3.05) is 6.54 Å². The molecule has 2 atom stereocenters. The molecule has 122 valence electrons. The van der Waals surface area contributed by atoms with Crippen LogP contribution >= 0.6 is 0 Å². The fraction of sp³-hybridized carbons (Fsp3) is 0.471. The van der Waals surface area contributed by atoms with Gasteiger partial charge in [0.1, 0.15) is 0 Å². The predicted molar refractivity (Wildman–Crippen MR) is 82.2 cm³/mol. The lowest BCUT2D eigenvalue weighted by Gasteiger charge is -2.15. The van der Waals surface area contributed by atoms with Crippen molar-refractivity contribution in [1.82, 2.24) is 10.2 Å². The van der Waals surface area contributed by atoms with Crippen LogP contribution in [-0.2, 0) is 27.5 Å². The molecular weight excluding hydrogens is 296 g/mol. The maximum Gasteiger partial charge on any atom is 0.307 e. The summed E-state index contributed by atoms with van der Waals surface area (Å²) >= 11 is 0. The Hall–Kier alpha value is -2.37. The number of carboxylic acids is 1. The number of nitrogens with one attached hydrogen (secondary N) is 1. The molecular formula is C17H20N2O4. The molecule has 23 heavy (non-hydrogen) atoms. The van der Waals surface area contributed by atoms with E-state index in [4.69, 9.17) is 5.11 Å². The molecule has 0 bridgehead atoms. The smallest absolute Gasteiger partial charge is 0.307 e. The third-order valence-electron chi connectivity index (χ3n) is 4.48. The number of benzene rings is 1. The Balaban J connectivity index is 1.47. The van der Waals surface area contributed by atoms with E-state index >= 15 is 0 Å². The molecule has 0 spiro atoms. The highest BCUT2D eigenvalue weighted by molar-refractivity contribution is 5.89. The van der Waals surface area contributed by atoms with Gasteiger partial charge in [0, 0.05) is 26.1 Å². The highest BCUT2D eigenvalue weighted by Crippen LogP contribution is 2.38. The molecule has 0 unspecified atom stereocenters. The van der Waals surface area contributed by atoms with E-state index in [9.17, 15) is 14.4 Å². The number of hydrogen-bond acceptors (Lipinski definition) is 3. The first kappa shape index (κ1) is 15.5. The van der Waals surface area contributed by atoms with Crippen molar-refractivity contribution < 1.29 is 19.5 Å². The van der Waals surface area contributed by atoms with E-state index < -0.39 is 11.9 Å². The zero-order valence-corrected chi connectivity index (χ0v) is 12.8. The van der Waals surface area contributed by atoms with E-state index in [2.05, 4.69) is 5.32 Å². The third-order valence-corrected chi connectivity index (χ3v) is 4.48. The molecule has 2 N–H and O–H groups in total. The Bertz CT molecular complexity index is 626. The van der Waals surface area contributed by atoms with Gasteiger partial charge in [0.15, 0.2) is 0 Å². The first-order valence-electron chi connectivity index (χ1n) is 7.90. The quantitative estimate of drug-likeness (QED) is 0.824. The van der Waals surface area contributed by atoms with Crippen LogP contribution in [0.1, 0.15) is 30.4 Å². The van der Waals surface area contributed by atoms with E-state index in [0.717, 1.165) is 24.1 Å². The molecule has 3 rings (SSSR count). The number of amides is 2. The minimum atomic E-state index is -0.897. The third kappa shape index (κ3) is 3.70. The van der Waals surface area contributed by atoms with E-state index in [1.807, 2.05) is 29.2 Å². The topological polar surface area (TPSA) is 86.7 Å². The normalized spacial score (nSPS) is 23.0. The van der Waals surface area contributed by atoms with Gasteiger partial charge in [0.25, 0.3) is 0 Å². The van der Waals surface area contributed by atoms with Gasteiger partial charge in [-0.1, -0.05) is 24.3 Å². The second-order valence-electron chi connectivity index (χ2n) is 6.24. The predicted octanol–water partition coefficient (Wildman–Crippen LogP) is 1.15. The van der Waals surface area contributed by atoms with Crippen molar-refractivity contribution in [3.63, 3.8) is 0 Å². The molecule has 6 heteroatoms. The molecule has 2 amide bonds. The van der Waals surface area contributed by atoms with Crippen LogP contribution in [0.25, 0.3) is 0 Å². The fourth-order valence-corrected chi connectivity index (χ4v) is 2.93. The minimum absolute atomic E-state index is 0.191. The van der Waals surface area contributed by atoms with Gasteiger partial charge in [-0.3, -0.25) is 14.4 Å². The monoisotopic (exact) mass is 316 g/mol. The highest BCUT2D eigenvalue weighted by atomic mass is 16.4. The Labute approximate surface area is 134 Å². The van der Waals surface area contributed by atoms with Gasteiger partial charge in [-0.2, -0.15) is 0 Å². The first-order chi connectivity index (χ1) is 11.0. The lowest BCUT2D eigenvalue weighted by molar-refractivity contribution is -0.140. The SMILES string of the molecule is O=C(O)[C@@H]1C[C@H]1C(=O)NCc1ccc(CN2CCCC2=O)cc1. The van der Waals surface area contributed by atoms with E-state index in [0.29, 0.717) is 25.9 Å². The molecule has 6 nitrogen and oxygen atoms in total. The molecule has 0 aromatic heterocycles. The summed E-state index contributed by atoms with van der Waals surface area (Å²) in [6, 6.07) is 7.78. The van der Waals surface area contributed by atoms with Gasteiger partial charge in [-0.25, -0.2) is 0 Å².